The fourth-order valence-corrected chi connectivity index (χ4v) is 2.88. The van der Waals surface area contributed by atoms with Crippen molar-refractivity contribution in [2.45, 2.75) is 18.5 Å². The number of benzene rings is 2. The zero-order valence-corrected chi connectivity index (χ0v) is 13.5. The van der Waals surface area contributed by atoms with Crippen molar-refractivity contribution in [3.8, 4) is 11.1 Å². The monoisotopic (exact) mass is 324 g/mol. The minimum absolute atomic E-state index is 0.0737. The molecule has 1 aliphatic heterocycles. The lowest BCUT2D eigenvalue weighted by Gasteiger charge is -2.12. The zero-order valence-electron chi connectivity index (χ0n) is 13.5. The third kappa shape index (κ3) is 3.63. The number of rotatable bonds is 4. The first-order chi connectivity index (χ1) is 11.7. The molecule has 5 nitrogen and oxygen atoms in total. The van der Waals surface area contributed by atoms with Crippen LogP contribution in [-0.2, 0) is 9.53 Å². The van der Waals surface area contributed by atoms with Crippen LogP contribution in [0.5, 0.6) is 0 Å². The van der Waals surface area contributed by atoms with Gasteiger partial charge < -0.3 is 15.4 Å². The van der Waals surface area contributed by atoms with E-state index in [1.807, 2.05) is 54.6 Å². The predicted molar refractivity (Wildman–Crippen MR) is 91.6 cm³/mol. The largest absolute Gasteiger partial charge is 0.468 e. The zero-order chi connectivity index (χ0) is 16.9. The van der Waals surface area contributed by atoms with Crippen LogP contribution in [0.4, 0.5) is 0 Å². The smallest absolute Gasteiger partial charge is 0.322 e. The lowest BCUT2D eigenvalue weighted by Crippen LogP contribution is -2.36. The third-order valence-electron chi connectivity index (χ3n) is 4.21. The summed E-state index contributed by atoms with van der Waals surface area (Å²) >= 11 is 0. The van der Waals surface area contributed by atoms with E-state index in [4.69, 9.17) is 4.74 Å². The van der Waals surface area contributed by atoms with E-state index in [2.05, 4.69) is 10.6 Å². The van der Waals surface area contributed by atoms with Gasteiger partial charge in [0.15, 0.2) is 0 Å². The Labute approximate surface area is 141 Å². The van der Waals surface area contributed by atoms with Crippen LogP contribution in [0, 0.1) is 0 Å². The summed E-state index contributed by atoms with van der Waals surface area (Å²) in [4.78, 5) is 23.8. The van der Waals surface area contributed by atoms with Gasteiger partial charge >= 0.3 is 5.97 Å². The number of carbonyl (C=O) groups is 2. The van der Waals surface area contributed by atoms with Crippen molar-refractivity contribution in [3.05, 3.63) is 60.2 Å². The molecule has 3 rings (SSSR count). The van der Waals surface area contributed by atoms with Gasteiger partial charge in [0.1, 0.15) is 6.04 Å². The number of esters is 1. The molecule has 1 amide bonds. The van der Waals surface area contributed by atoms with Gasteiger partial charge in [-0.25, -0.2) is 0 Å². The molecule has 0 radical (unpaired) electrons. The molecule has 0 aliphatic carbocycles. The van der Waals surface area contributed by atoms with Crippen LogP contribution < -0.4 is 10.6 Å². The van der Waals surface area contributed by atoms with Crippen molar-refractivity contribution >= 4 is 11.9 Å². The van der Waals surface area contributed by atoms with E-state index in [0.29, 0.717) is 18.5 Å². The summed E-state index contributed by atoms with van der Waals surface area (Å²) in [5.41, 5.74) is 2.79. The Hall–Kier alpha value is -2.66. The molecular formula is C19H20N2O3. The normalized spacial score (nSPS) is 19.7. The molecule has 0 spiro atoms. The first-order valence-corrected chi connectivity index (χ1v) is 7.95. The van der Waals surface area contributed by atoms with Gasteiger partial charge in [0.2, 0.25) is 0 Å². The Bertz CT molecular complexity index is 713. The second-order valence-electron chi connectivity index (χ2n) is 5.83. The second-order valence-corrected chi connectivity index (χ2v) is 5.83. The van der Waals surface area contributed by atoms with Crippen LogP contribution in [0.3, 0.4) is 0 Å². The average Bonchev–Trinajstić information content (AvgIpc) is 3.10. The summed E-state index contributed by atoms with van der Waals surface area (Å²) in [6.45, 7) is 0.563. The predicted octanol–water partition coefficient (Wildman–Crippen LogP) is 1.99. The van der Waals surface area contributed by atoms with Gasteiger partial charge in [-0.3, -0.25) is 9.59 Å². The fourth-order valence-electron chi connectivity index (χ4n) is 2.88. The second kappa shape index (κ2) is 7.27. The van der Waals surface area contributed by atoms with Crippen LogP contribution in [0.25, 0.3) is 11.1 Å². The molecule has 0 bridgehead atoms. The van der Waals surface area contributed by atoms with Gasteiger partial charge in [0.25, 0.3) is 5.91 Å². The maximum absolute atomic E-state index is 12.3. The van der Waals surface area contributed by atoms with Crippen molar-refractivity contribution in [2.24, 2.45) is 0 Å². The number of hydrogen-bond donors (Lipinski definition) is 2. The molecule has 2 atom stereocenters. The summed E-state index contributed by atoms with van der Waals surface area (Å²) < 4.78 is 4.71. The lowest BCUT2D eigenvalue weighted by molar-refractivity contribution is -0.142. The number of nitrogens with one attached hydrogen (secondary N) is 2. The maximum atomic E-state index is 12.3. The third-order valence-corrected chi connectivity index (χ3v) is 4.21. The van der Waals surface area contributed by atoms with Crippen molar-refractivity contribution in [2.75, 3.05) is 13.7 Å². The number of hydrogen-bond acceptors (Lipinski definition) is 4. The molecule has 1 saturated heterocycles. The van der Waals surface area contributed by atoms with Crippen LogP contribution >= 0.6 is 0 Å². The fraction of sp³-hybridized carbons (Fsp3) is 0.263. The van der Waals surface area contributed by atoms with Gasteiger partial charge in [0, 0.05) is 18.2 Å². The van der Waals surface area contributed by atoms with Crippen LogP contribution in [-0.4, -0.2) is 37.6 Å². The minimum Gasteiger partial charge on any atom is -0.468 e. The molecule has 24 heavy (non-hydrogen) atoms. The highest BCUT2D eigenvalue weighted by molar-refractivity contribution is 5.95. The number of ether oxygens (including phenoxy) is 1. The Morgan fingerprint density at radius 2 is 1.71 bits per heavy atom. The Morgan fingerprint density at radius 1 is 1.04 bits per heavy atom. The quantitative estimate of drug-likeness (QED) is 0.844. The molecule has 2 aromatic rings. The molecule has 5 heteroatoms. The molecular weight excluding hydrogens is 304 g/mol. The van der Waals surface area contributed by atoms with Crippen molar-refractivity contribution in [1.29, 1.82) is 0 Å². The molecule has 0 unspecified atom stereocenters. The van der Waals surface area contributed by atoms with Gasteiger partial charge in [-0.05, 0) is 29.7 Å². The molecule has 0 saturated carbocycles. The van der Waals surface area contributed by atoms with E-state index >= 15 is 0 Å². The molecule has 0 aromatic heterocycles. The Kier molecular flexibility index (Phi) is 4.91. The van der Waals surface area contributed by atoms with Crippen molar-refractivity contribution < 1.29 is 14.3 Å². The first kappa shape index (κ1) is 16.2. The van der Waals surface area contributed by atoms with E-state index in [1.165, 1.54) is 7.11 Å². The van der Waals surface area contributed by atoms with Crippen molar-refractivity contribution in [1.82, 2.24) is 10.6 Å². The van der Waals surface area contributed by atoms with Gasteiger partial charge in [-0.15, -0.1) is 0 Å². The molecule has 1 heterocycles. The van der Waals surface area contributed by atoms with Gasteiger partial charge in [-0.2, -0.15) is 0 Å². The van der Waals surface area contributed by atoms with E-state index in [1.54, 1.807) is 0 Å². The molecule has 2 aromatic carbocycles. The SMILES string of the molecule is COC(=O)[C@@H]1C[C@@H](NC(=O)c2ccc(-c3ccccc3)cc2)CN1. The Morgan fingerprint density at radius 3 is 2.38 bits per heavy atom. The number of methoxy groups -OCH3 is 1. The highest BCUT2D eigenvalue weighted by atomic mass is 16.5. The molecule has 1 fully saturated rings. The van der Waals surface area contributed by atoms with Crippen molar-refractivity contribution in [3.63, 3.8) is 0 Å². The van der Waals surface area contributed by atoms with E-state index in [9.17, 15) is 9.59 Å². The highest BCUT2D eigenvalue weighted by Gasteiger charge is 2.30. The van der Waals surface area contributed by atoms with Gasteiger partial charge in [-0.1, -0.05) is 42.5 Å². The number of amides is 1. The summed E-state index contributed by atoms with van der Waals surface area (Å²) in [5, 5.41) is 6.01. The maximum Gasteiger partial charge on any atom is 0.322 e. The molecule has 2 N–H and O–H groups in total. The topological polar surface area (TPSA) is 67.4 Å². The first-order valence-electron chi connectivity index (χ1n) is 7.95. The molecule has 124 valence electrons. The van der Waals surface area contributed by atoms with Crippen LogP contribution in [0.2, 0.25) is 0 Å². The summed E-state index contributed by atoms with van der Waals surface area (Å²) in [6.07, 6.45) is 0.542. The minimum atomic E-state index is -0.347. The van der Waals surface area contributed by atoms with Gasteiger partial charge in [0.05, 0.1) is 7.11 Å². The molecule has 1 aliphatic rings. The summed E-state index contributed by atoms with van der Waals surface area (Å²) in [7, 11) is 1.37. The van der Waals surface area contributed by atoms with Crippen LogP contribution in [0.1, 0.15) is 16.8 Å². The highest BCUT2D eigenvalue weighted by Crippen LogP contribution is 2.19. The van der Waals surface area contributed by atoms with E-state index in [-0.39, 0.29) is 24.0 Å². The number of carbonyl (C=O) groups excluding carboxylic acids is 2. The van der Waals surface area contributed by atoms with Crippen LogP contribution in [0.15, 0.2) is 54.6 Å². The standard InChI is InChI=1S/C19H20N2O3/c1-24-19(23)17-11-16(12-20-17)21-18(22)15-9-7-14(8-10-15)13-5-3-2-4-6-13/h2-10,16-17,20H,11-12H2,1H3,(H,21,22)/t16-,17+/m1/s1. The summed E-state index contributed by atoms with van der Waals surface area (Å²) in [5.74, 6) is -0.425. The van der Waals surface area contributed by atoms with E-state index in [0.717, 1.165) is 11.1 Å². The lowest BCUT2D eigenvalue weighted by atomic mass is 10.0. The summed E-state index contributed by atoms with van der Waals surface area (Å²) in [6, 6.07) is 17.1. The van der Waals surface area contributed by atoms with E-state index < -0.39 is 0 Å². The Balaban J connectivity index is 1.61. The average molecular weight is 324 g/mol.